The molecule has 1 aromatic rings. The molecule has 5 nitrogen and oxygen atoms in total. The van der Waals surface area contributed by atoms with Crippen LogP contribution in [0.2, 0.25) is 0 Å². The number of hydrogen-bond acceptors (Lipinski definition) is 4. The predicted molar refractivity (Wildman–Crippen MR) is 72.2 cm³/mol. The zero-order valence-electron chi connectivity index (χ0n) is 11.0. The number of ether oxygens (including phenoxy) is 1. The molecule has 0 radical (unpaired) electrons. The fourth-order valence-corrected chi connectivity index (χ4v) is 2.10. The molecule has 1 fully saturated rings. The number of esters is 1. The maximum absolute atomic E-state index is 12.0. The Balaban J connectivity index is 2.15. The maximum Gasteiger partial charge on any atom is 0.337 e. The minimum atomic E-state index is -0.368. The number of carbonyl (C=O) groups is 2. The van der Waals surface area contributed by atoms with E-state index in [0.29, 0.717) is 12.1 Å². The van der Waals surface area contributed by atoms with Crippen LogP contribution in [0.15, 0.2) is 24.3 Å². The van der Waals surface area contributed by atoms with Gasteiger partial charge in [-0.25, -0.2) is 4.79 Å². The second-order valence-electron chi connectivity index (χ2n) is 4.47. The van der Waals surface area contributed by atoms with Gasteiger partial charge >= 0.3 is 5.97 Å². The van der Waals surface area contributed by atoms with Gasteiger partial charge in [0, 0.05) is 12.2 Å². The lowest BCUT2D eigenvalue weighted by molar-refractivity contribution is -0.118. The Morgan fingerprint density at radius 2 is 2.00 bits per heavy atom. The molecule has 1 N–H and O–H groups in total. The first-order valence-corrected chi connectivity index (χ1v) is 6.42. The van der Waals surface area contributed by atoms with Gasteiger partial charge in [-0.15, -0.1) is 0 Å². The third-order valence-corrected chi connectivity index (χ3v) is 3.16. The second-order valence-corrected chi connectivity index (χ2v) is 4.47. The number of carbonyl (C=O) groups excluding carboxylic acids is 2. The monoisotopic (exact) mass is 262 g/mol. The van der Waals surface area contributed by atoms with Crippen molar-refractivity contribution in [1.82, 2.24) is 5.32 Å². The van der Waals surface area contributed by atoms with Gasteiger partial charge < -0.3 is 15.0 Å². The molecule has 0 spiro atoms. The van der Waals surface area contributed by atoms with E-state index in [9.17, 15) is 9.59 Å². The second kappa shape index (κ2) is 6.33. The van der Waals surface area contributed by atoms with E-state index < -0.39 is 0 Å². The molecule has 0 unspecified atom stereocenters. The topological polar surface area (TPSA) is 58.6 Å². The summed E-state index contributed by atoms with van der Waals surface area (Å²) in [5.74, 6) is -0.308. The van der Waals surface area contributed by atoms with E-state index in [1.54, 1.807) is 29.2 Å². The van der Waals surface area contributed by atoms with Crippen molar-refractivity contribution in [3.63, 3.8) is 0 Å². The molecule has 1 heterocycles. The predicted octanol–water partition coefficient (Wildman–Crippen LogP) is 1.19. The van der Waals surface area contributed by atoms with E-state index in [-0.39, 0.29) is 11.9 Å². The molecule has 1 aromatic carbocycles. The Bertz CT molecular complexity index is 456. The van der Waals surface area contributed by atoms with Crippen LogP contribution in [-0.4, -0.2) is 38.6 Å². The zero-order chi connectivity index (χ0) is 13.7. The van der Waals surface area contributed by atoms with E-state index >= 15 is 0 Å². The average Bonchev–Trinajstić information content (AvgIpc) is 2.43. The number of benzene rings is 1. The Hall–Kier alpha value is -1.88. The summed E-state index contributed by atoms with van der Waals surface area (Å²) in [5.41, 5.74) is 1.31. The maximum atomic E-state index is 12.0. The minimum Gasteiger partial charge on any atom is -0.465 e. The highest BCUT2D eigenvalue weighted by atomic mass is 16.5. The summed E-state index contributed by atoms with van der Waals surface area (Å²) in [7, 11) is 1.35. The molecule has 2 rings (SSSR count). The summed E-state index contributed by atoms with van der Waals surface area (Å²) >= 11 is 0. The van der Waals surface area contributed by atoms with E-state index in [1.165, 1.54) is 7.11 Å². The number of hydrogen-bond donors (Lipinski definition) is 1. The van der Waals surface area contributed by atoms with Gasteiger partial charge in [0.2, 0.25) is 5.91 Å². The van der Waals surface area contributed by atoms with Crippen molar-refractivity contribution in [2.75, 3.05) is 31.6 Å². The quantitative estimate of drug-likeness (QED) is 0.813. The molecule has 102 valence electrons. The average molecular weight is 262 g/mol. The van der Waals surface area contributed by atoms with Crippen molar-refractivity contribution >= 4 is 17.6 Å². The highest BCUT2D eigenvalue weighted by Gasteiger charge is 2.17. The molecular formula is C14H18N2O3. The highest BCUT2D eigenvalue weighted by molar-refractivity contribution is 5.96. The lowest BCUT2D eigenvalue weighted by Crippen LogP contribution is -2.41. The summed E-state index contributed by atoms with van der Waals surface area (Å²) in [6.07, 6.45) is 2.03. The van der Waals surface area contributed by atoms with Gasteiger partial charge in [-0.1, -0.05) is 0 Å². The summed E-state index contributed by atoms with van der Waals surface area (Å²) < 4.78 is 4.65. The molecule has 0 atom stereocenters. The molecule has 1 aliphatic rings. The molecule has 0 aliphatic carbocycles. The third kappa shape index (κ3) is 3.32. The number of methoxy groups -OCH3 is 1. The van der Waals surface area contributed by atoms with Gasteiger partial charge in [-0.3, -0.25) is 4.79 Å². The van der Waals surface area contributed by atoms with Crippen LogP contribution in [0.1, 0.15) is 23.2 Å². The normalized spacial score (nSPS) is 16.7. The third-order valence-electron chi connectivity index (χ3n) is 3.16. The molecule has 0 bridgehead atoms. The smallest absolute Gasteiger partial charge is 0.337 e. The van der Waals surface area contributed by atoms with Gasteiger partial charge in [-0.2, -0.15) is 0 Å². The fraction of sp³-hybridized carbons (Fsp3) is 0.429. The van der Waals surface area contributed by atoms with Gasteiger partial charge in [0.15, 0.2) is 0 Å². The number of nitrogens with one attached hydrogen (secondary N) is 1. The van der Waals surface area contributed by atoms with Crippen molar-refractivity contribution in [2.24, 2.45) is 0 Å². The van der Waals surface area contributed by atoms with Crippen LogP contribution < -0.4 is 10.2 Å². The lowest BCUT2D eigenvalue weighted by atomic mass is 10.1. The van der Waals surface area contributed by atoms with Crippen LogP contribution in [0.25, 0.3) is 0 Å². The van der Waals surface area contributed by atoms with E-state index in [2.05, 4.69) is 10.1 Å². The van der Waals surface area contributed by atoms with Crippen molar-refractivity contribution in [3.8, 4) is 0 Å². The summed E-state index contributed by atoms with van der Waals surface area (Å²) in [4.78, 5) is 25.1. The Labute approximate surface area is 112 Å². The largest absolute Gasteiger partial charge is 0.465 e. The van der Waals surface area contributed by atoms with Crippen molar-refractivity contribution in [3.05, 3.63) is 29.8 Å². The van der Waals surface area contributed by atoms with Crippen LogP contribution in [0.5, 0.6) is 0 Å². The van der Waals surface area contributed by atoms with E-state index in [1.807, 2.05) is 0 Å². The molecule has 0 aromatic heterocycles. The first-order valence-electron chi connectivity index (χ1n) is 6.42. The van der Waals surface area contributed by atoms with Crippen LogP contribution >= 0.6 is 0 Å². The minimum absolute atomic E-state index is 0.0607. The Kier molecular flexibility index (Phi) is 4.52. The number of anilines is 1. The van der Waals surface area contributed by atoms with Gasteiger partial charge in [0.25, 0.3) is 0 Å². The number of nitrogens with zero attached hydrogens (tertiary/aromatic N) is 1. The first kappa shape index (κ1) is 13.5. The summed E-state index contributed by atoms with van der Waals surface area (Å²) in [6, 6.07) is 6.93. The molecule has 1 amide bonds. The number of amides is 1. The zero-order valence-corrected chi connectivity index (χ0v) is 11.0. The van der Waals surface area contributed by atoms with Crippen LogP contribution in [0, 0.1) is 0 Å². The SMILES string of the molecule is COC(=O)c1ccc(N2CCCCNCC2=O)cc1. The van der Waals surface area contributed by atoms with E-state index in [0.717, 1.165) is 31.6 Å². The van der Waals surface area contributed by atoms with Crippen LogP contribution in [-0.2, 0) is 9.53 Å². The van der Waals surface area contributed by atoms with Crippen LogP contribution in [0.4, 0.5) is 5.69 Å². The molecule has 1 aliphatic heterocycles. The van der Waals surface area contributed by atoms with Crippen LogP contribution in [0.3, 0.4) is 0 Å². The van der Waals surface area contributed by atoms with Crippen molar-refractivity contribution in [2.45, 2.75) is 12.8 Å². The molecule has 5 heteroatoms. The lowest BCUT2D eigenvalue weighted by Gasteiger charge is -2.25. The molecule has 0 saturated carbocycles. The Morgan fingerprint density at radius 3 is 2.68 bits per heavy atom. The van der Waals surface area contributed by atoms with Crippen molar-refractivity contribution in [1.29, 1.82) is 0 Å². The standard InChI is InChI=1S/C14H18N2O3/c1-19-14(18)11-4-6-12(7-5-11)16-9-3-2-8-15-10-13(16)17/h4-7,15H,2-3,8-10H2,1H3. The molecule has 19 heavy (non-hydrogen) atoms. The van der Waals surface area contributed by atoms with Gasteiger partial charge in [0.05, 0.1) is 19.2 Å². The molecule has 1 saturated heterocycles. The van der Waals surface area contributed by atoms with Gasteiger partial charge in [0.1, 0.15) is 0 Å². The fourth-order valence-electron chi connectivity index (χ4n) is 2.10. The Morgan fingerprint density at radius 1 is 1.26 bits per heavy atom. The highest BCUT2D eigenvalue weighted by Crippen LogP contribution is 2.17. The number of rotatable bonds is 2. The van der Waals surface area contributed by atoms with Gasteiger partial charge in [-0.05, 0) is 43.7 Å². The van der Waals surface area contributed by atoms with E-state index in [4.69, 9.17) is 0 Å². The summed E-state index contributed by atoms with van der Waals surface area (Å²) in [5, 5.41) is 3.11. The summed E-state index contributed by atoms with van der Waals surface area (Å²) in [6.45, 7) is 1.97. The molecular weight excluding hydrogens is 244 g/mol. The van der Waals surface area contributed by atoms with Crippen molar-refractivity contribution < 1.29 is 14.3 Å². The first-order chi connectivity index (χ1) is 9.22.